The molecule has 0 unspecified atom stereocenters. The zero-order chi connectivity index (χ0) is 8.20. The largest absolute Gasteiger partial charge is 0.379 e. The molecule has 4 nitrogen and oxygen atoms in total. The molecular weight excluding hydrogens is 132 g/mol. The van der Waals surface area contributed by atoms with Gasteiger partial charge in [-0.3, -0.25) is 4.79 Å². The van der Waals surface area contributed by atoms with Crippen molar-refractivity contribution in [2.45, 2.75) is 18.9 Å². The van der Waals surface area contributed by atoms with Crippen LogP contribution in [0.25, 0.3) is 0 Å². The summed E-state index contributed by atoms with van der Waals surface area (Å²) in [6.07, 6.45) is 0.914. The molecule has 1 amide bonds. The van der Waals surface area contributed by atoms with Crippen LogP contribution in [-0.2, 0) is 4.79 Å². The topological polar surface area (TPSA) is 87.1 Å². The van der Waals surface area contributed by atoms with Gasteiger partial charge in [-0.1, -0.05) is 6.92 Å². The molecule has 1 radical (unpaired) electrons. The summed E-state index contributed by atoms with van der Waals surface area (Å²) in [5.74, 6) is -0.892. The first-order chi connectivity index (χ1) is 4.56. The second kappa shape index (κ2) is 3.18. The number of primary amides is 1. The van der Waals surface area contributed by atoms with E-state index >= 15 is 0 Å². The molecule has 0 saturated carbocycles. The van der Waals surface area contributed by atoms with E-state index in [4.69, 9.17) is 16.1 Å². The number of nitriles is 1. The fourth-order valence-corrected chi connectivity index (χ4v) is 0.452. The molecule has 0 saturated heterocycles. The molecule has 0 heterocycles. The maximum atomic E-state index is 10.4. The van der Waals surface area contributed by atoms with E-state index in [-0.39, 0.29) is 6.42 Å². The number of carbonyl (C=O) groups is 1. The van der Waals surface area contributed by atoms with Crippen LogP contribution in [0.2, 0.25) is 0 Å². The molecule has 0 aromatic carbocycles. The molecule has 0 spiro atoms. The number of amides is 1. The second-order valence-electron chi connectivity index (χ2n) is 1.91. The van der Waals surface area contributed by atoms with Crippen LogP contribution in [-0.4, -0.2) is 16.6 Å². The van der Waals surface area contributed by atoms with Crippen LogP contribution in [0.4, 0.5) is 0 Å². The third-order valence-corrected chi connectivity index (χ3v) is 1.25. The Morgan fingerprint density at radius 3 is 2.60 bits per heavy atom. The van der Waals surface area contributed by atoms with Gasteiger partial charge in [-0.2, -0.15) is 5.26 Å². The Hall–Kier alpha value is -1.08. The summed E-state index contributed by atoms with van der Waals surface area (Å²) in [6.45, 7) is 1.47. The van der Waals surface area contributed by atoms with Crippen molar-refractivity contribution in [1.82, 2.24) is 0 Å². The van der Waals surface area contributed by atoms with Crippen molar-refractivity contribution in [3.8, 4) is 6.07 Å². The third-order valence-electron chi connectivity index (χ3n) is 1.25. The van der Waals surface area contributed by atoms with Crippen LogP contribution in [0.1, 0.15) is 13.3 Å². The number of hydrogen-bond donors (Lipinski definition) is 2. The van der Waals surface area contributed by atoms with E-state index in [1.807, 2.05) is 0 Å². The lowest BCUT2D eigenvalue weighted by molar-refractivity contribution is -0.132. The maximum absolute atomic E-state index is 10.4. The molecule has 0 rings (SSSR count). The predicted octanol–water partition coefficient (Wildman–Crippen LogP) is -0.659. The van der Waals surface area contributed by atoms with Gasteiger partial charge in [0.15, 0.2) is 5.60 Å². The number of aliphatic hydroxyl groups is 1. The minimum Gasteiger partial charge on any atom is -0.379 e. The van der Waals surface area contributed by atoms with E-state index in [2.05, 4.69) is 0 Å². The van der Waals surface area contributed by atoms with Crippen molar-refractivity contribution in [3.05, 3.63) is 6.42 Å². The SMILES string of the molecule is C[CH][C@@](O)(CC#N)C(N)=O. The van der Waals surface area contributed by atoms with Gasteiger partial charge in [0.05, 0.1) is 12.5 Å². The van der Waals surface area contributed by atoms with Crippen molar-refractivity contribution in [1.29, 1.82) is 5.26 Å². The monoisotopic (exact) mass is 141 g/mol. The van der Waals surface area contributed by atoms with Crippen LogP contribution >= 0.6 is 0 Å². The number of carbonyl (C=O) groups excluding carboxylic acids is 1. The second-order valence-corrected chi connectivity index (χ2v) is 1.91. The quantitative estimate of drug-likeness (QED) is 0.547. The molecule has 0 fully saturated rings. The van der Waals surface area contributed by atoms with Gasteiger partial charge >= 0.3 is 0 Å². The average Bonchev–Trinajstić information content (AvgIpc) is 1.88. The van der Waals surface area contributed by atoms with E-state index in [0.717, 1.165) is 0 Å². The highest BCUT2D eigenvalue weighted by Crippen LogP contribution is 2.11. The summed E-state index contributed by atoms with van der Waals surface area (Å²) < 4.78 is 0. The average molecular weight is 141 g/mol. The first kappa shape index (κ1) is 8.92. The summed E-state index contributed by atoms with van der Waals surface area (Å²) in [4.78, 5) is 10.4. The first-order valence-corrected chi connectivity index (χ1v) is 2.76. The fraction of sp³-hybridized carbons (Fsp3) is 0.500. The van der Waals surface area contributed by atoms with E-state index < -0.39 is 11.5 Å². The van der Waals surface area contributed by atoms with Gasteiger partial charge in [-0.05, 0) is 0 Å². The summed E-state index contributed by atoms with van der Waals surface area (Å²) in [5, 5.41) is 17.3. The zero-order valence-corrected chi connectivity index (χ0v) is 5.66. The highest BCUT2D eigenvalue weighted by molar-refractivity contribution is 5.84. The molecule has 10 heavy (non-hydrogen) atoms. The Bertz CT molecular complexity index is 173. The standard InChI is InChI=1S/C6H9N2O2/c1-2-6(10,3-4-7)5(8)9/h2,10H,3H2,1H3,(H2,8,9)/t6-/m1/s1. The lowest BCUT2D eigenvalue weighted by Crippen LogP contribution is -2.43. The van der Waals surface area contributed by atoms with Crippen molar-refractivity contribution in [3.63, 3.8) is 0 Å². The Labute approximate surface area is 59.3 Å². The van der Waals surface area contributed by atoms with Crippen molar-refractivity contribution in [2.75, 3.05) is 0 Å². The highest BCUT2D eigenvalue weighted by atomic mass is 16.3. The molecular formula is C6H9N2O2. The molecule has 0 aliphatic heterocycles. The molecule has 3 N–H and O–H groups in total. The fourth-order valence-electron chi connectivity index (χ4n) is 0.452. The summed E-state index contributed by atoms with van der Waals surface area (Å²) in [6, 6.07) is 1.66. The first-order valence-electron chi connectivity index (χ1n) is 2.76. The molecule has 4 heteroatoms. The maximum Gasteiger partial charge on any atom is 0.250 e. The Balaban J connectivity index is 4.26. The highest BCUT2D eigenvalue weighted by Gasteiger charge is 2.31. The third kappa shape index (κ3) is 1.71. The van der Waals surface area contributed by atoms with Crippen LogP contribution in [0, 0.1) is 17.8 Å². The molecule has 0 aromatic heterocycles. The van der Waals surface area contributed by atoms with Gasteiger partial charge in [0, 0.05) is 6.42 Å². The molecule has 0 aliphatic carbocycles. The normalized spacial score (nSPS) is 15.3. The van der Waals surface area contributed by atoms with Crippen LogP contribution in [0.15, 0.2) is 0 Å². The van der Waals surface area contributed by atoms with E-state index in [1.165, 1.54) is 13.3 Å². The number of nitrogens with two attached hydrogens (primary N) is 1. The van der Waals surface area contributed by atoms with Gasteiger partial charge in [0.1, 0.15) is 0 Å². The van der Waals surface area contributed by atoms with Crippen molar-refractivity contribution < 1.29 is 9.90 Å². The van der Waals surface area contributed by atoms with Crippen LogP contribution in [0.3, 0.4) is 0 Å². The Morgan fingerprint density at radius 2 is 2.50 bits per heavy atom. The van der Waals surface area contributed by atoms with Gasteiger partial charge in [0.2, 0.25) is 0 Å². The minimum absolute atomic E-state index is 0.293. The van der Waals surface area contributed by atoms with Gasteiger partial charge in [0.25, 0.3) is 5.91 Å². The molecule has 1 atom stereocenters. The van der Waals surface area contributed by atoms with E-state index in [1.54, 1.807) is 6.07 Å². The van der Waals surface area contributed by atoms with Gasteiger partial charge in [-0.25, -0.2) is 0 Å². The minimum atomic E-state index is -1.76. The lowest BCUT2D eigenvalue weighted by Gasteiger charge is -2.17. The van der Waals surface area contributed by atoms with Crippen LogP contribution in [0.5, 0.6) is 0 Å². The number of nitrogens with zero attached hydrogens (tertiary/aromatic N) is 1. The van der Waals surface area contributed by atoms with Gasteiger partial charge in [-0.15, -0.1) is 0 Å². The summed E-state index contributed by atoms with van der Waals surface area (Å²) in [7, 11) is 0. The van der Waals surface area contributed by atoms with Crippen molar-refractivity contribution in [2.24, 2.45) is 5.73 Å². The van der Waals surface area contributed by atoms with Gasteiger partial charge < -0.3 is 10.8 Å². The molecule has 0 aliphatic rings. The molecule has 0 aromatic rings. The predicted molar refractivity (Wildman–Crippen MR) is 34.3 cm³/mol. The Kier molecular flexibility index (Phi) is 2.84. The van der Waals surface area contributed by atoms with E-state index in [0.29, 0.717) is 0 Å². The zero-order valence-electron chi connectivity index (χ0n) is 5.66. The summed E-state index contributed by atoms with van der Waals surface area (Å²) in [5.41, 5.74) is 3.04. The van der Waals surface area contributed by atoms with Crippen molar-refractivity contribution >= 4 is 5.91 Å². The lowest BCUT2D eigenvalue weighted by atomic mass is 9.97. The van der Waals surface area contributed by atoms with Crippen LogP contribution < -0.4 is 5.73 Å². The number of hydrogen-bond acceptors (Lipinski definition) is 3. The van der Waals surface area contributed by atoms with E-state index in [9.17, 15) is 4.79 Å². The summed E-state index contributed by atoms with van der Waals surface area (Å²) >= 11 is 0. The molecule has 0 bridgehead atoms. The molecule has 55 valence electrons. The number of rotatable bonds is 3. The smallest absolute Gasteiger partial charge is 0.250 e. The Morgan fingerprint density at radius 1 is 2.00 bits per heavy atom.